The molecule has 3 N–H and O–H groups in total. The standard InChI is InChI=1S/C24H25F3N6O4/c1-15-19(16-10-21(33-4-7-36-8-5-33)32-22(11-16)37-9-6-34)12-18(14-28-15)31-23(35)30-17-2-3-20(29-13-17)24(25,26)27/h2-3,10-14,34H,4-9H2,1H3,(H2,30,31,35). The molecule has 0 aliphatic carbocycles. The van der Waals surface area contributed by atoms with Crippen molar-refractivity contribution in [2.24, 2.45) is 0 Å². The number of carbonyl (C=O) groups excluding carboxylic acids is 1. The molecule has 13 heteroatoms. The summed E-state index contributed by atoms with van der Waals surface area (Å²) in [4.78, 5) is 26.8. The van der Waals surface area contributed by atoms with Gasteiger partial charge < -0.3 is 30.1 Å². The number of carbonyl (C=O) groups is 1. The van der Waals surface area contributed by atoms with Gasteiger partial charge in [-0.25, -0.2) is 9.78 Å². The monoisotopic (exact) mass is 518 g/mol. The van der Waals surface area contributed by atoms with Crippen molar-refractivity contribution in [2.75, 3.05) is 55.1 Å². The van der Waals surface area contributed by atoms with E-state index in [1.165, 1.54) is 6.20 Å². The summed E-state index contributed by atoms with van der Waals surface area (Å²) in [5, 5.41) is 14.2. The highest BCUT2D eigenvalue weighted by Gasteiger charge is 2.32. The van der Waals surface area contributed by atoms with Crippen molar-refractivity contribution >= 4 is 23.2 Å². The fourth-order valence-corrected chi connectivity index (χ4v) is 3.65. The van der Waals surface area contributed by atoms with Gasteiger partial charge in [0.15, 0.2) is 0 Å². The summed E-state index contributed by atoms with van der Waals surface area (Å²) in [6.45, 7) is 4.20. The van der Waals surface area contributed by atoms with Gasteiger partial charge in [-0.2, -0.15) is 18.2 Å². The number of nitrogens with zero attached hydrogens (tertiary/aromatic N) is 4. The second-order valence-electron chi connectivity index (χ2n) is 8.09. The number of halogens is 3. The second-order valence-corrected chi connectivity index (χ2v) is 8.09. The summed E-state index contributed by atoms with van der Waals surface area (Å²) in [6, 6.07) is 6.56. The first-order valence-electron chi connectivity index (χ1n) is 11.4. The predicted octanol–water partition coefficient (Wildman–Crippen LogP) is 3.72. The lowest BCUT2D eigenvalue weighted by molar-refractivity contribution is -0.141. The Morgan fingerprint density at radius 3 is 2.51 bits per heavy atom. The van der Waals surface area contributed by atoms with Crippen LogP contribution in [0.3, 0.4) is 0 Å². The Morgan fingerprint density at radius 1 is 1.11 bits per heavy atom. The van der Waals surface area contributed by atoms with Crippen molar-refractivity contribution in [3.63, 3.8) is 0 Å². The number of amides is 2. The Morgan fingerprint density at radius 2 is 1.84 bits per heavy atom. The molecular formula is C24H25F3N6O4. The van der Waals surface area contributed by atoms with Crippen LogP contribution < -0.4 is 20.3 Å². The normalized spacial score (nSPS) is 13.8. The molecule has 0 unspecified atom stereocenters. The van der Waals surface area contributed by atoms with Crippen LogP contribution in [-0.4, -0.2) is 65.6 Å². The Labute approximate surface area is 210 Å². The molecule has 3 aromatic rings. The molecule has 4 rings (SSSR count). The topological polar surface area (TPSA) is 122 Å². The largest absolute Gasteiger partial charge is 0.475 e. The Balaban J connectivity index is 1.55. The summed E-state index contributed by atoms with van der Waals surface area (Å²) in [6.07, 6.45) is -2.17. The zero-order valence-electron chi connectivity index (χ0n) is 19.9. The molecule has 1 aliphatic heterocycles. The lowest BCUT2D eigenvalue weighted by Crippen LogP contribution is -2.36. The van der Waals surface area contributed by atoms with Gasteiger partial charge in [0, 0.05) is 30.4 Å². The quantitative estimate of drug-likeness (QED) is 0.433. The van der Waals surface area contributed by atoms with Crippen molar-refractivity contribution in [1.29, 1.82) is 0 Å². The Kier molecular flexibility index (Phi) is 8.04. The van der Waals surface area contributed by atoms with Crippen LogP contribution >= 0.6 is 0 Å². The molecule has 0 bridgehead atoms. The van der Waals surface area contributed by atoms with Gasteiger partial charge in [0.05, 0.1) is 43.6 Å². The average molecular weight is 518 g/mol. The number of aliphatic hydroxyl groups is 1. The highest BCUT2D eigenvalue weighted by atomic mass is 19.4. The van der Waals surface area contributed by atoms with Gasteiger partial charge >= 0.3 is 12.2 Å². The van der Waals surface area contributed by atoms with Crippen LogP contribution in [-0.2, 0) is 10.9 Å². The van der Waals surface area contributed by atoms with Crippen LogP contribution in [0.15, 0.2) is 42.7 Å². The predicted molar refractivity (Wildman–Crippen MR) is 130 cm³/mol. The highest BCUT2D eigenvalue weighted by Crippen LogP contribution is 2.31. The molecule has 3 aromatic heterocycles. The summed E-state index contributed by atoms with van der Waals surface area (Å²) in [5.41, 5.74) is 1.54. The van der Waals surface area contributed by atoms with Gasteiger partial charge in [0.1, 0.15) is 18.1 Å². The molecule has 0 spiro atoms. The van der Waals surface area contributed by atoms with Crippen LogP contribution in [0.5, 0.6) is 5.88 Å². The fraction of sp³-hybridized carbons (Fsp3) is 0.333. The molecule has 1 fully saturated rings. The van der Waals surface area contributed by atoms with Crippen molar-refractivity contribution in [3.05, 3.63) is 54.1 Å². The van der Waals surface area contributed by atoms with E-state index in [0.29, 0.717) is 54.9 Å². The number of ether oxygens (including phenoxy) is 2. The summed E-state index contributed by atoms with van der Waals surface area (Å²) >= 11 is 0. The van der Waals surface area contributed by atoms with E-state index in [9.17, 15) is 18.0 Å². The van der Waals surface area contributed by atoms with Crippen LogP contribution in [0.4, 0.5) is 35.2 Å². The third-order valence-corrected chi connectivity index (χ3v) is 5.43. The average Bonchev–Trinajstić information content (AvgIpc) is 2.88. The number of hydrogen-bond acceptors (Lipinski definition) is 8. The maximum Gasteiger partial charge on any atom is 0.433 e. The lowest BCUT2D eigenvalue weighted by atomic mass is 10.0. The number of urea groups is 1. The number of hydrogen-bond donors (Lipinski definition) is 3. The third-order valence-electron chi connectivity index (χ3n) is 5.43. The number of aliphatic hydroxyl groups excluding tert-OH is 1. The number of morpholine rings is 1. The zero-order valence-corrected chi connectivity index (χ0v) is 19.9. The van der Waals surface area contributed by atoms with Gasteiger partial charge in [-0.05, 0) is 36.8 Å². The van der Waals surface area contributed by atoms with Gasteiger partial charge in [-0.1, -0.05) is 0 Å². The van der Waals surface area contributed by atoms with Crippen molar-refractivity contribution < 1.29 is 32.5 Å². The number of aryl methyl sites for hydroxylation is 1. The first-order valence-corrected chi connectivity index (χ1v) is 11.4. The molecule has 1 aliphatic rings. The van der Waals surface area contributed by atoms with Crippen molar-refractivity contribution in [3.8, 4) is 17.0 Å². The molecule has 4 heterocycles. The molecule has 0 saturated carbocycles. The molecule has 10 nitrogen and oxygen atoms in total. The first-order chi connectivity index (χ1) is 17.7. The SMILES string of the molecule is Cc1ncc(NC(=O)Nc2ccc(C(F)(F)F)nc2)cc1-c1cc(OCCO)nc(N2CCOCC2)c1. The molecule has 0 atom stereocenters. The minimum absolute atomic E-state index is 0.0802. The number of rotatable bonds is 7. The van der Waals surface area contributed by atoms with Crippen molar-refractivity contribution in [1.82, 2.24) is 15.0 Å². The van der Waals surface area contributed by atoms with Gasteiger partial charge in [-0.15, -0.1) is 0 Å². The first kappa shape index (κ1) is 26.1. The zero-order chi connectivity index (χ0) is 26.4. The molecular weight excluding hydrogens is 493 g/mol. The molecule has 0 radical (unpaired) electrons. The van der Waals surface area contributed by atoms with Gasteiger partial charge in [0.25, 0.3) is 0 Å². The Bertz CT molecular complexity index is 1230. The van der Waals surface area contributed by atoms with Gasteiger partial charge in [0.2, 0.25) is 5.88 Å². The van der Waals surface area contributed by atoms with Crippen LogP contribution in [0.2, 0.25) is 0 Å². The minimum Gasteiger partial charge on any atom is -0.475 e. The number of nitrogens with one attached hydrogen (secondary N) is 2. The Hall–Kier alpha value is -3.97. The van der Waals surface area contributed by atoms with E-state index in [1.54, 1.807) is 12.1 Å². The van der Waals surface area contributed by atoms with E-state index >= 15 is 0 Å². The number of alkyl halides is 3. The van der Waals surface area contributed by atoms with E-state index in [1.807, 2.05) is 13.0 Å². The van der Waals surface area contributed by atoms with E-state index in [0.717, 1.165) is 23.9 Å². The smallest absolute Gasteiger partial charge is 0.433 e. The minimum atomic E-state index is -4.57. The maximum atomic E-state index is 12.7. The second kappa shape index (κ2) is 11.4. The highest BCUT2D eigenvalue weighted by molar-refractivity contribution is 6.00. The van der Waals surface area contributed by atoms with Crippen LogP contribution in [0.1, 0.15) is 11.4 Å². The van der Waals surface area contributed by atoms with Crippen molar-refractivity contribution in [2.45, 2.75) is 13.1 Å². The summed E-state index contributed by atoms with van der Waals surface area (Å²) in [7, 11) is 0. The fourth-order valence-electron chi connectivity index (χ4n) is 3.65. The maximum absolute atomic E-state index is 12.7. The van der Waals surface area contributed by atoms with E-state index < -0.39 is 17.9 Å². The number of anilines is 3. The lowest BCUT2D eigenvalue weighted by Gasteiger charge is -2.28. The van der Waals surface area contributed by atoms with Crippen LogP contribution in [0.25, 0.3) is 11.1 Å². The van der Waals surface area contributed by atoms with E-state index in [4.69, 9.17) is 14.6 Å². The molecule has 37 heavy (non-hydrogen) atoms. The van der Waals surface area contributed by atoms with Gasteiger partial charge in [-0.3, -0.25) is 4.98 Å². The summed E-state index contributed by atoms with van der Waals surface area (Å²) < 4.78 is 49.1. The molecule has 1 saturated heterocycles. The number of pyridine rings is 3. The summed E-state index contributed by atoms with van der Waals surface area (Å²) in [5.74, 6) is 1.01. The van der Waals surface area contributed by atoms with E-state index in [-0.39, 0.29) is 18.9 Å². The molecule has 2 amide bonds. The van der Waals surface area contributed by atoms with Crippen LogP contribution in [0, 0.1) is 6.92 Å². The number of aromatic nitrogens is 3. The molecule has 196 valence electrons. The van der Waals surface area contributed by atoms with E-state index in [2.05, 4.69) is 30.5 Å². The third kappa shape index (κ3) is 6.83. The molecule has 0 aromatic carbocycles.